The molecule has 0 saturated heterocycles. The summed E-state index contributed by atoms with van der Waals surface area (Å²) >= 11 is 0. The van der Waals surface area contributed by atoms with Gasteiger partial charge in [0.15, 0.2) is 6.10 Å². The van der Waals surface area contributed by atoms with Crippen LogP contribution in [-0.2, 0) is 14.3 Å². The van der Waals surface area contributed by atoms with E-state index in [1.807, 2.05) is 0 Å². The van der Waals surface area contributed by atoms with Crippen molar-refractivity contribution >= 4 is 17.6 Å². The van der Waals surface area contributed by atoms with Gasteiger partial charge in [0.25, 0.3) is 5.91 Å². The monoisotopic (exact) mass is 265 g/mol. The summed E-state index contributed by atoms with van der Waals surface area (Å²) in [6, 6.07) is 5.41. The van der Waals surface area contributed by atoms with Gasteiger partial charge in [-0.25, -0.2) is 4.39 Å². The molecule has 1 aromatic carbocycles. The van der Waals surface area contributed by atoms with E-state index in [0.717, 1.165) is 19.3 Å². The lowest BCUT2D eigenvalue weighted by Crippen LogP contribution is -2.34. The number of benzene rings is 1. The number of carbonyl (C=O) groups is 2. The molecule has 0 bridgehead atoms. The Morgan fingerprint density at radius 3 is 2.47 bits per heavy atom. The van der Waals surface area contributed by atoms with E-state index in [1.165, 1.54) is 31.2 Å². The van der Waals surface area contributed by atoms with Crippen LogP contribution in [0.1, 0.15) is 26.2 Å². The van der Waals surface area contributed by atoms with Gasteiger partial charge < -0.3 is 10.1 Å². The molecule has 0 radical (unpaired) electrons. The van der Waals surface area contributed by atoms with E-state index in [2.05, 4.69) is 5.32 Å². The first kappa shape index (κ1) is 13.5. The summed E-state index contributed by atoms with van der Waals surface area (Å²) in [7, 11) is 0. The minimum absolute atomic E-state index is 0.0546. The molecule has 0 aromatic heterocycles. The molecule has 2 rings (SSSR count). The summed E-state index contributed by atoms with van der Waals surface area (Å²) in [6.07, 6.45) is 1.87. The highest BCUT2D eigenvalue weighted by molar-refractivity contribution is 5.95. The minimum Gasteiger partial charge on any atom is -0.452 e. The largest absolute Gasteiger partial charge is 0.452 e. The Morgan fingerprint density at radius 1 is 1.32 bits per heavy atom. The Bertz CT molecular complexity index is 468. The van der Waals surface area contributed by atoms with Crippen LogP contribution in [0.4, 0.5) is 10.1 Å². The SMILES string of the molecule is CC(OC(=O)C1CCC1)C(=O)Nc1ccc(F)cc1. The van der Waals surface area contributed by atoms with Crippen LogP contribution in [0.2, 0.25) is 0 Å². The van der Waals surface area contributed by atoms with Gasteiger partial charge in [0, 0.05) is 5.69 Å². The van der Waals surface area contributed by atoms with Gasteiger partial charge in [0.1, 0.15) is 5.82 Å². The average molecular weight is 265 g/mol. The van der Waals surface area contributed by atoms with Gasteiger partial charge in [-0.1, -0.05) is 6.42 Å². The maximum atomic E-state index is 12.7. The van der Waals surface area contributed by atoms with E-state index in [0.29, 0.717) is 5.69 Å². The second kappa shape index (κ2) is 5.82. The topological polar surface area (TPSA) is 55.4 Å². The molecule has 1 fully saturated rings. The Morgan fingerprint density at radius 2 is 1.95 bits per heavy atom. The molecule has 4 nitrogen and oxygen atoms in total. The van der Waals surface area contributed by atoms with Crippen LogP contribution in [0, 0.1) is 11.7 Å². The van der Waals surface area contributed by atoms with Crippen LogP contribution in [0.15, 0.2) is 24.3 Å². The molecule has 1 aliphatic carbocycles. The zero-order chi connectivity index (χ0) is 13.8. The number of amides is 1. The van der Waals surface area contributed by atoms with Crippen LogP contribution >= 0.6 is 0 Å². The summed E-state index contributed by atoms with van der Waals surface area (Å²) < 4.78 is 17.8. The van der Waals surface area contributed by atoms with Crippen molar-refractivity contribution in [3.05, 3.63) is 30.1 Å². The number of carbonyl (C=O) groups excluding carboxylic acids is 2. The Kier molecular flexibility index (Phi) is 4.14. The Hall–Kier alpha value is -1.91. The normalized spacial score (nSPS) is 16.3. The first-order valence-corrected chi connectivity index (χ1v) is 6.33. The van der Waals surface area contributed by atoms with Crippen molar-refractivity contribution in [3.8, 4) is 0 Å². The zero-order valence-corrected chi connectivity index (χ0v) is 10.7. The van der Waals surface area contributed by atoms with Crippen molar-refractivity contribution in [1.82, 2.24) is 0 Å². The molecule has 1 aromatic rings. The predicted molar refractivity (Wildman–Crippen MR) is 67.9 cm³/mol. The van der Waals surface area contributed by atoms with Crippen molar-refractivity contribution in [2.45, 2.75) is 32.3 Å². The van der Waals surface area contributed by atoms with E-state index in [-0.39, 0.29) is 17.7 Å². The van der Waals surface area contributed by atoms with Crippen molar-refractivity contribution < 1.29 is 18.7 Å². The van der Waals surface area contributed by atoms with Crippen LogP contribution in [0.25, 0.3) is 0 Å². The summed E-state index contributed by atoms with van der Waals surface area (Å²) in [5, 5.41) is 2.57. The van der Waals surface area contributed by atoms with Gasteiger partial charge >= 0.3 is 5.97 Å². The molecule has 19 heavy (non-hydrogen) atoms. The van der Waals surface area contributed by atoms with Gasteiger partial charge in [-0.05, 0) is 44.0 Å². The second-order valence-electron chi connectivity index (χ2n) is 4.70. The molecular weight excluding hydrogens is 249 g/mol. The van der Waals surface area contributed by atoms with E-state index in [1.54, 1.807) is 0 Å². The molecule has 0 spiro atoms. The highest BCUT2D eigenvalue weighted by Crippen LogP contribution is 2.27. The third kappa shape index (κ3) is 3.53. The lowest BCUT2D eigenvalue weighted by molar-refractivity contribution is -0.159. The number of halogens is 1. The van der Waals surface area contributed by atoms with Crippen molar-refractivity contribution in [2.75, 3.05) is 5.32 Å². The first-order chi connectivity index (χ1) is 9.06. The summed E-state index contributed by atoms with van der Waals surface area (Å²) in [4.78, 5) is 23.4. The number of hydrogen-bond donors (Lipinski definition) is 1. The van der Waals surface area contributed by atoms with Gasteiger partial charge in [0.05, 0.1) is 5.92 Å². The number of nitrogens with one attached hydrogen (secondary N) is 1. The van der Waals surface area contributed by atoms with Gasteiger partial charge in [-0.15, -0.1) is 0 Å². The third-order valence-corrected chi connectivity index (χ3v) is 3.21. The van der Waals surface area contributed by atoms with Crippen LogP contribution < -0.4 is 5.32 Å². The number of rotatable bonds is 4. The molecule has 5 heteroatoms. The third-order valence-electron chi connectivity index (χ3n) is 3.21. The highest BCUT2D eigenvalue weighted by atomic mass is 19.1. The van der Waals surface area contributed by atoms with Crippen LogP contribution in [0.5, 0.6) is 0 Å². The molecule has 1 unspecified atom stereocenters. The molecule has 1 atom stereocenters. The highest BCUT2D eigenvalue weighted by Gasteiger charge is 2.29. The summed E-state index contributed by atoms with van der Waals surface area (Å²) in [6.45, 7) is 1.52. The van der Waals surface area contributed by atoms with E-state index < -0.39 is 12.0 Å². The second-order valence-corrected chi connectivity index (χ2v) is 4.70. The average Bonchev–Trinajstić information content (AvgIpc) is 2.29. The van der Waals surface area contributed by atoms with Crippen LogP contribution in [0.3, 0.4) is 0 Å². The van der Waals surface area contributed by atoms with Crippen LogP contribution in [-0.4, -0.2) is 18.0 Å². The summed E-state index contributed by atoms with van der Waals surface area (Å²) in [5.41, 5.74) is 0.470. The quantitative estimate of drug-likeness (QED) is 0.851. The van der Waals surface area contributed by atoms with Gasteiger partial charge in [0.2, 0.25) is 0 Å². The van der Waals surface area contributed by atoms with E-state index in [9.17, 15) is 14.0 Å². The maximum absolute atomic E-state index is 12.7. The number of ether oxygens (including phenoxy) is 1. The molecule has 0 heterocycles. The maximum Gasteiger partial charge on any atom is 0.309 e. The number of anilines is 1. The molecule has 1 N–H and O–H groups in total. The zero-order valence-electron chi connectivity index (χ0n) is 10.7. The van der Waals surface area contributed by atoms with Gasteiger partial charge in [-0.2, -0.15) is 0 Å². The number of esters is 1. The van der Waals surface area contributed by atoms with E-state index in [4.69, 9.17) is 4.74 Å². The smallest absolute Gasteiger partial charge is 0.309 e. The van der Waals surface area contributed by atoms with Gasteiger partial charge in [-0.3, -0.25) is 9.59 Å². The Balaban J connectivity index is 1.84. The van der Waals surface area contributed by atoms with Crippen molar-refractivity contribution in [3.63, 3.8) is 0 Å². The lowest BCUT2D eigenvalue weighted by atomic mass is 9.86. The summed E-state index contributed by atoms with van der Waals surface area (Å²) in [5.74, 6) is -1.16. The fraction of sp³-hybridized carbons (Fsp3) is 0.429. The predicted octanol–water partition coefficient (Wildman–Crippen LogP) is 2.50. The molecule has 0 aliphatic heterocycles. The van der Waals surface area contributed by atoms with Crippen molar-refractivity contribution in [1.29, 1.82) is 0 Å². The Labute approximate surface area is 110 Å². The molecule has 1 saturated carbocycles. The molecular formula is C14H16FNO3. The fourth-order valence-corrected chi connectivity index (χ4v) is 1.75. The number of hydrogen-bond acceptors (Lipinski definition) is 3. The fourth-order valence-electron chi connectivity index (χ4n) is 1.75. The molecule has 102 valence electrons. The lowest BCUT2D eigenvalue weighted by Gasteiger charge is -2.24. The molecule has 1 amide bonds. The van der Waals surface area contributed by atoms with Crippen molar-refractivity contribution in [2.24, 2.45) is 5.92 Å². The minimum atomic E-state index is -0.849. The molecule has 1 aliphatic rings. The van der Waals surface area contributed by atoms with E-state index >= 15 is 0 Å². The standard InChI is InChI=1S/C14H16FNO3/c1-9(19-14(18)10-3-2-4-10)13(17)16-12-7-5-11(15)6-8-12/h5-10H,2-4H2,1H3,(H,16,17). The first-order valence-electron chi connectivity index (χ1n) is 6.33.